The minimum Gasteiger partial charge on any atom is -0.493 e. The van der Waals surface area contributed by atoms with E-state index < -0.39 is 17.1 Å². The number of hydrogen-bond donors (Lipinski definition) is 1. The fraction of sp³-hybridized carbons (Fsp3) is 0.357. The normalized spacial score (nSPS) is 11.2. The van der Waals surface area contributed by atoms with E-state index in [0.29, 0.717) is 22.8 Å². The van der Waals surface area contributed by atoms with Gasteiger partial charge in [-0.3, -0.25) is 4.79 Å². The Kier molecular flexibility index (Phi) is 5.96. The number of methoxy groups -OCH3 is 1. The molecule has 130 valence electrons. The Labute approximate surface area is 139 Å². The summed E-state index contributed by atoms with van der Waals surface area (Å²) in [4.78, 5) is 11.7. The second-order valence-electron chi connectivity index (χ2n) is 4.54. The van der Waals surface area contributed by atoms with E-state index in [1.54, 1.807) is 24.3 Å². The van der Waals surface area contributed by atoms with Crippen LogP contribution in [0.5, 0.6) is 11.5 Å². The van der Waals surface area contributed by atoms with Gasteiger partial charge in [0.05, 0.1) is 7.11 Å². The zero-order valence-corrected chi connectivity index (χ0v) is 13.4. The molecule has 6 nitrogen and oxygen atoms in total. The van der Waals surface area contributed by atoms with E-state index >= 15 is 0 Å². The summed E-state index contributed by atoms with van der Waals surface area (Å²) in [6, 6.07) is 6.86. The van der Waals surface area contributed by atoms with Gasteiger partial charge in [-0.1, -0.05) is 23.5 Å². The second kappa shape index (κ2) is 7.95. The summed E-state index contributed by atoms with van der Waals surface area (Å²) in [6.45, 7) is -0.0924. The van der Waals surface area contributed by atoms with E-state index in [1.165, 1.54) is 7.11 Å². The van der Waals surface area contributed by atoms with Crippen molar-refractivity contribution in [2.45, 2.75) is 12.6 Å². The van der Waals surface area contributed by atoms with Crippen LogP contribution in [0.25, 0.3) is 0 Å². The SMILES string of the molecule is COc1ccccc1OCC(=O)NCCc1nnc(C(F)(F)F)s1. The molecule has 1 aromatic carbocycles. The molecule has 0 bridgehead atoms. The first kappa shape index (κ1) is 18.0. The monoisotopic (exact) mass is 361 g/mol. The van der Waals surface area contributed by atoms with Crippen LogP contribution in [0.15, 0.2) is 24.3 Å². The van der Waals surface area contributed by atoms with Gasteiger partial charge in [0.2, 0.25) is 5.01 Å². The van der Waals surface area contributed by atoms with E-state index in [-0.39, 0.29) is 24.6 Å². The van der Waals surface area contributed by atoms with Gasteiger partial charge in [0.25, 0.3) is 5.91 Å². The van der Waals surface area contributed by atoms with Crippen molar-refractivity contribution in [3.63, 3.8) is 0 Å². The maximum atomic E-state index is 12.4. The molecule has 0 fully saturated rings. The molecule has 1 amide bonds. The number of amides is 1. The van der Waals surface area contributed by atoms with Crippen LogP contribution in [0.4, 0.5) is 13.2 Å². The Bertz CT molecular complexity index is 691. The molecule has 0 spiro atoms. The molecule has 0 aliphatic carbocycles. The maximum Gasteiger partial charge on any atom is 0.445 e. The molecule has 2 aromatic rings. The second-order valence-corrected chi connectivity index (χ2v) is 5.60. The molecule has 1 N–H and O–H groups in total. The third kappa shape index (κ3) is 5.08. The van der Waals surface area contributed by atoms with Gasteiger partial charge >= 0.3 is 6.18 Å². The molecule has 0 atom stereocenters. The molecule has 2 rings (SSSR count). The summed E-state index contributed by atoms with van der Waals surface area (Å²) >= 11 is 0.460. The van der Waals surface area contributed by atoms with Crippen LogP contribution < -0.4 is 14.8 Å². The van der Waals surface area contributed by atoms with Crippen molar-refractivity contribution >= 4 is 17.2 Å². The van der Waals surface area contributed by atoms with Crippen molar-refractivity contribution in [3.8, 4) is 11.5 Å². The minimum atomic E-state index is -4.50. The van der Waals surface area contributed by atoms with E-state index in [2.05, 4.69) is 15.5 Å². The molecule has 1 aromatic heterocycles. The van der Waals surface area contributed by atoms with Crippen LogP contribution in [-0.4, -0.2) is 36.4 Å². The average Bonchev–Trinajstić information content (AvgIpc) is 3.02. The highest BCUT2D eigenvalue weighted by Gasteiger charge is 2.35. The zero-order valence-electron chi connectivity index (χ0n) is 12.6. The largest absolute Gasteiger partial charge is 0.493 e. The molecule has 1 heterocycles. The fourth-order valence-corrected chi connectivity index (χ4v) is 2.42. The average molecular weight is 361 g/mol. The number of para-hydroxylation sites is 2. The minimum absolute atomic E-state index is 0.139. The summed E-state index contributed by atoms with van der Waals surface area (Å²) in [5, 5.41) is 8.26. The van der Waals surface area contributed by atoms with Crippen LogP contribution in [0, 0.1) is 0 Å². The Morgan fingerprint density at radius 2 is 1.96 bits per heavy atom. The number of nitrogens with one attached hydrogen (secondary N) is 1. The maximum absolute atomic E-state index is 12.4. The number of hydrogen-bond acceptors (Lipinski definition) is 6. The first-order valence-electron chi connectivity index (χ1n) is 6.82. The summed E-state index contributed by atoms with van der Waals surface area (Å²) in [6.07, 6.45) is -4.34. The van der Waals surface area contributed by atoms with Crippen molar-refractivity contribution in [1.29, 1.82) is 0 Å². The van der Waals surface area contributed by atoms with E-state index in [0.717, 1.165) is 0 Å². The third-order valence-corrected chi connectivity index (χ3v) is 3.83. The Morgan fingerprint density at radius 1 is 1.25 bits per heavy atom. The highest BCUT2D eigenvalue weighted by Crippen LogP contribution is 2.31. The van der Waals surface area contributed by atoms with Gasteiger partial charge in [0, 0.05) is 13.0 Å². The molecule has 0 radical (unpaired) electrons. The number of ether oxygens (including phenoxy) is 2. The van der Waals surface area contributed by atoms with Crippen LogP contribution in [-0.2, 0) is 17.4 Å². The molecule has 24 heavy (non-hydrogen) atoms. The summed E-state index contributed by atoms with van der Waals surface area (Å²) in [5.74, 6) is 0.523. The van der Waals surface area contributed by atoms with Gasteiger partial charge in [-0.15, -0.1) is 10.2 Å². The van der Waals surface area contributed by atoms with Gasteiger partial charge in [-0.2, -0.15) is 13.2 Å². The van der Waals surface area contributed by atoms with Crippen molar-refractivity contribution in [2.75, 3.05) is 20.3 Å². The number of nitrogens with zero attached hydrogens (tertiary/aromatic N) is 2. The number of carbonyl (C=O) groups excluding carboxylic acids is 1. The van der Waals surface area contributed by atoms with Gasteiger partial charge in [-0.25, -0.2) is 0 Å². The van der Waals surface area contributed by atoms with Gasteiger partial charge in [0.1, 0.15) is 5.01 Å². The standard InChI is InChI=1S/C14H14F3N3O3S/c1-22-9-4-2-3-5-10(9)23-8-11(21)18-7-6-12-19-20-13(24-12)14(15,16)17/h2-5H,6-8H2,1H3,(H,18,21). The van der Waals surface area contributed by atoms with Crippen LogP contribution in [0.1, 0.15) is 10.0 Å². The lowest BCUT2D eigenvalue weighted by Crippen LogP contribution is -2.30. The first-order chi connectivity index (χ1) is 11.4. The Hall–Kier alpha value is -2.36. The molecule has 0 saturated carbocycles. The number of carbonyl (C=O) groups is 1. The summed E-state index contributed by atoms with van der Waals surface area (Å²) < 4.78 is 47.6. The number of halogens is 3. The highest BCUT2D eigenvalue weighted by atomic mass is 32.1. The fourth-order valence-electron chi connectivity index (χ4n) is 1.71. The predicted molar refractivity (Wildman–Crippen MR) is 80.1 cm³/mol. The van der Waals surface area contributed by atoms with Crippen molar-refractivity contribution in [2.24, 2.45) is 0 Å². The zero-order chi connectivity index (χ0) is 17.6. The van der Waals surface area contributed by atoms with Crippen LogP contribution >= 0.6 is 11.3 Å². The van der Waals surface area contributed by atoms with Gasteiger partial charge in [-0.05, 0) is 12.1 Å². The molecule has 0 saturated heterocycles. The van der Waals surface area contributed by atoms with Crippen molar-refractivity contribution < 1.29 is 27.4 Å². The predicted octanol–water partition coefficient (Wildman–Crippen LogP) is 2.30. The molecule has 0 aliphatic rings. The van der Waals surface area contributed by atoms with E-state index in [9.17, 15) is 18.0 Å². The number of benzene rings is 1. The molecular formula is C14H14F3N3O3S. The Morgan fingerprint density at radius 3 is 2.58 bits per heavy atom. The van der Waals surface area contributed by atoms with Crippen LogP contribution in [0.2, 0.25) is 0 Å². The van der Waals surface area contributed by atoms with E-state index in [4.69, 9.17) is 9.47 Å². The van der Waals surface area contributed by atoms with Crippen molar-refractivity contribution in [3.05, 3.63) is 34.3 Å². The first-order valence-corrected chi connectivity index (χ1v) is 7.64. The number of alkyl halides is 3. The number of rotatable bonds is 7. The number of aromatic nitrogens is 2. The van der Waals surface area contributed by atoms with Crippen molar-refractivity contribution in [1.82, 2.24) is 15.5 Å². The summed E-state index contributed by atoms with van der Waals surface area (Å²) in [7, 11) is 1.49. The topological polar surface area (TPSA) is 73.3 Å². The van der Waals surface area contributed by atoms with Gasteiger partial charge in [0.15, 0.2) is 18.1 Å². The lowest BCUT2D eigenvalue weighted by molar-refractivity contribution is -0.138. The lowest BCUT2D eigenvalue weighted by Gasteiger charge is -2.10. The van der Waals surface area contributed by atoms with E-state index in [1.807, 2.05) is 0 Å². The third-order valence-electron chi connectivity index (χ3n) is 2.80. The molecular weight excluding hydrogens is 347 g/mol. The molecule has 0 aliphatic heterocycles. The smallest absolute Gasteiger partial charge is 0.445 e. The van der Waals surface area contributed by atoms with Crippen LogP contribution in [0.3, 0.4) is 0 Å². The lowest BCUT2D eigenvalue weighted by atomic mass is 10.3. The van der Waals surface area contributed by atoms with Gasteiger partial charge < -0.3 is 14.8 Å². The Balaban J connectivity index is 1.74. The highest BCUT2D eigenvalue weighted by molar-refractivity contribution is 7.11. The summed E-state index contributed by atoms with van der Waals surface area (Å²) in [5.41, 5.74) is 0. The quantitative estimate of drug-likeness (QED) is 0.819. The molecule has 0 unspecified atom stereocenters. The molecule has 10 heteroatoms.